The maximum atomic E-state index is 5.57. The fourth-order valence-electron chi connectivity index (χ4n) is 0.899. The Morgan fingerprint density at radius 3 is 2.67 bits per heavy atom. The molecule has 0 aromatic carbocycles. The minimum Gasteiger partial charge on any atom is -0.488 e. The van der Waals surface area contributed by atoms with E-state index in [2.05, 4.69) is 20.9 Å². The molecule has 0 unspecified atom stereocenters. The number of hydrogen-bond acceptors (Lipinski definition) is 2. The van der Waals surface area contributed by atoms with Crippen LogP contribution < -0.4 is 4.74 Å². The molecule has 1 heterocycles. The average Bonchev–Trinajstić information content (AvgIpc) is 1.97. The minimum absolute atomic E-state index is 0.184. The van der Waals surface area contributed by atoms with Crippen LogP contribution in [0.15, 0.2) is 16.7 Å². The number of ether oxygens (including phenoxy) is 1. The summed E-state index contributed by atoms with van der Waals surface area (Å²) in [6.45, 7) is 5.93. The Labute approximate surface area is 81.1 Å². The van der Waals surface area contributed by atoms with Crippen molar-refractivity contribution in [3.05, 3.63) is 22.4 Å². The van der Waals surface area contributed by atoms with Crippen molar-refractivity contribution in [2.45, 2.75) is 26.9 Å². The van der Waals surface area contributed by atoms with Gasteiger partial charge in [-0.1, -0.05) is 0 Å². The molecule has 0 aliphatic heterocycles. The van der Waals surface area contributed by atoms with Crippen LogP contribution in [0, 0.1) is 6.92 Å². The topological polar surface area (TPSA) is 22.1 Å². The van der Waals surface area contributed by atoms with Gasteiger partial charge in [0.2, 0.25) is 0 Å². The van der Waals surface area contributed by atoms with Gasteiger partial charge >= 0.3 is 0 Å². The Morgan fingerprint density at radius 1 is 1.50 bits per heavy atom. The maximum Gasteiger partial charge on any atom is 0.155 e. The van der Waals surface area contributed by atoms with Gasteiger partial charge in [0, 0.05) is 6.20 Å². The number of halogens is 1. The zero-order chi connectivity index (χ0) is 9.14. The van der Waals surface area contributed by atoms with Crippen LogP contribution in [-0.4, -0.2) is 11.1 Å². The van der Waals surface area contributed by atoms with Crippen LogP contribution in [0.25, 0.3) is 0 Å². The van der Waals surface area contributed by atoms with Crippen molar-refractivity contribution >= 4 is 15.9 Å². The first-order chi connectivity index (χ1) is 5.61. The predicted molar refractivity (Wildman–Crippen MR) is 52.4 cm³/mol. The Morgan fingerprint density at radius 2 is 2.17 bits per heavy atom. The van der Waals surface area contributed by atoms with E-state index in [1.807, 2.05) is 26.8 Å². The second kappa shape index (κ2) is 3.90. The van der Waals surface area contributed by atoms with Gasteiger partial charge in [-0.25, -0.2) is 0 Å². The van der Waals surface area contributed by atoms with Crippen LogP contribution in [0.1, 0.15) is 19.5 Å². The van der Waals surface area contributed by atoms with Crippen molar-refractivity contribution < 1.29 is 4.74 Å². The van der Waals surface area contributed by atoms with E-state index in [-0.39, 0.29) is 6.10 Å². The lowest BCUT2D eigenvalue weighted by atomic mass is 10.3. The molecule has 1 aromatic heterocycles. The van der Waals surface area contributed by atoms with Gasteiger partial charge in [-0.15, -0.1) is 0 Å². The van der Waals surface area contributed by atoms with Crippen LogP contribution >= 0.6 is 15.9 Å². The lowest BCUT2D eigenvalue weighted by molar-refractivity contribution is 0.238. The van der Waals surface area contributed by atoms with E-state index in [4.69, 9.17) is 4.74 Å². The predicted octanol–water partition coefficient (Wildman–Crippen LogP) is 2.94. The molecule has 0 N–H and O–H groups in total. The number of aryl methyl sites for hydroxylation is 1. The molecule has 1 aromatic rings. The lowest BCUT2D eigenvalue weighted by Gasteiger charge is -2.12. The van der Waals surface area contributed by atoms with Crippen LogP contribution in [0.3, 0.4) is 0 Å². The summed E-state index contributed by atoms with van der Waals surface area (Å²) in [6, 6.07) is 1.88. The normalized spacial score (nSPS) is 10.4. The number of pyridine rings is 1. The van der Waals surface area contributed by atoms with Gasteiger partial charge in [0.05, 0.1) is 16.3 Å². The molecule has 0 spiro atoms. The van der Waals surface area contributed by atoms with Gasteiger partial charge in [-0.05, 0) is 42.8 Å². The third-order valence-corrected chi connectivity index (χ3v) is 2.01. The number of rotatable bonds is 2. The summed E-state index contributed by atoms with van der Waals surface area (Å²) >= 11 is 3.41. The summed E-state index contributed by atoms with van der Waals surface area (Å²) in [7, 11) is 0. The molecule has 0 radical (unpaired) electrons. The highest BCUT2D eigenvalue weighted by atomic mass is 79.9. The molecular weight excluding hydrogens is 218 g/mol. The fourth-order valence-corrected chi connectivity index (χ4v) is 1.40. The highest BCUT2D eigenvalue weighted by Crippen LogP contribution is 2.27. The number of aromatic nitrogens is 1. The first-order valence-corrected chi connectivity index (χ1v) is 4.68. The Balaban J connectivity index is 2.96. The van der Waals surface area contributed by atoms with Crippen molar-refractivity contribution in [3.63, 3.8) is 0 Å². The zero-order valence-corrected chi connectivity index (χ0v) is 9.05. The molecule has 0 atom stereocenters. The van der Waals surface area contributed by atoms with Crippen molar-refractivity contribution in [2.75, 3.05) is 0 Å². The molecule has 0 bridgehead atoms. The molecule has 0 aliphatic carbocycles. The summed E-state index contributed by atoms with van der Waals surface area (Å²) in [5.41, 5.74) is 0.915. The largest absolute Gasteiger partial charge is 0.488 e. The van der Waals surface area contributed by atoms with Gasteiger partial charge < -0.3 is 4.74 Å². The highest BCUT2D eigenvalue weighted by molar-refractivity contribution is 9.10. The van der Waals surface area contributed by atoms with Crippen molar-refractivity contribution in [1.82, 2.24) is 4.98 Å². The maximum absolute atomic E-state index is 5.57. The monoisotopic (exact) mass is 229 g/mol. The molecule has 0 aliphatic rings. The molecule has 0 fully saturated rings. The summed E-state index contributed by atoms with van der Waals surface area (Å²) in [5, 5.41) is 0. The van der Waals surface area contributed by atoms with E-state index in [9.17, 15) is 0 Å². The molecule has 3 heteroatoms. The lowest BCUT2D eigenvalue weighted by Crippen LogP contribution is -2.07. The Bertz CT molecular complexity index is 253. The molecule has 0 saturated carbocycles. The van der Waals surface area contributed by atoms with Crippen molar-refractivity contribution in [1.29, 1.82) is 0 Å². The van der Waals surface area contributed by atoms with Gasteiger partial charge in [0.1, 0.15) is 0 Å². The summed E-state index contributed by atoms with van der Waals surface area (Å²) in [6.07, 6.45) is 1.94. The first-order valence-electron chi connectivity index (χ1n) is 3.89. The Hall–Kier alpha value is -0.570. The van der Waals surface area contributed by atoms with E-state index in [0.717, 1.165) is 15.9 Å². The number of hydrogen-bond donors (Lipinski definition) is 0. The Kier molecular flexibility index (Phi) is 3.09. The third-order valence-electron chi connectivity index (χ3n) is 1.39. The van der Waals surface area contributed by atoms with Crippen molar-refractivity contribution in [3.8, 4) is 5.75 Å². The second-order valence-electron chi connectivity index (χ2n) is 2.87. The highest BCUT2D eigenvalue weighted by Gasteiger charge is 2.06. The first kappa shape index (κ1) is 9.52. The number of nitrogens with zero attached hydrogens (tertiary/aromatic N) is 1. The standard InChI is InChI=1S/C9H12BrNO/c1-6(2)12-9-7(3)11-5-4-8(9)10/h4-6H,1-3H3. The van der Waals surface area contributed by atoms with Crippen LogP contribution in [0.5, 0.6) is 5.75 Å². The quantitative estimate of drug-likeness (QED) is 0.779. The zero-order valence-electron chi connectivity index (χ0n) is 7.47. The van der Waals surface area contributed by atoms with E-state index < -0.39 is 0 Å². The van der Waals surface area contributed by atoms with Gasteiger partial charge in [-0.3, -0.25) is 4.98 Å². The van der Waals surface area contributed by atoms with E-state index >= 15 is 0 Å². The molecule has 12 heavy (non-hydrogen) atoms. The molecule has 0 amide bonds. The molecule has 66 valence electrons. The van der Waals surface area contributed by atoms with Crippen LogP contribution in [0.4, 0.5) is 0 Å². The SMILES string of the molecule is Cc1nccc(Br)c1OC(C)C. The fraction of sp³-hybridized carbons (Fsp3) is 0.444. The minimum atomic E-state index is 0.184. The smallest absolute Gasteiger partial charge is 0.155 e. The summed E-state index contributed by atoms with van der Waals surface area (Å²) < 4.78 is 6.53. The van der Waals surface area contributed by atoms with Crippen LogP contribution in [0.2, 0.25) is 0 Å². The average molecular weight is 230 g/mol. The third kappa shape index (κ3) is 2.21. The van der Waals surface area contributed by atoms with Gasteiger partial charge in [0.15, 0.2) is 5.75 Å². The molecule has 1 rings (SSSR count). The van der Waals surface area contributed by atoms with E-state index in [1.165, 1.54) is 0 Å². The van der Waals surface area contributed by atoms with E-state index in [0.29, 0.717) is 0 Å². The van der Waals surface area contributed by atoms with Crippen molar-refractivity contribution in [2.24, 2.45) is 0 Å². The molecule has 2 nitrogen and oxygen atoms in total. The molecular formula is C9H12BrNO. The molecule has 0 saturated heterocycles. The van der Waals surface area contributed by atoms with Gasteiger partial charge in [0.25, 0.3) is 0 Å². The summed E-state index contributed by atoms with van der Waals surface area (Å²) in [4.78, 5) is 4.14. The summed E-state index contributed by atoms with van der Waals surface area (Å²) in [5.74, 6) is 0.840. The van der Waals surface area contributed by atoms with Crippen LogP contribution in [-0.2, 0) is 0 Å². The second-order valence-corrected chi connectivity index (χ2v) is 3.73. The van der Waals surface area contributed by atoms with Gasteiger partial charge in [-0.2, -0.15) is 0 Å². The van der Waals surface area contributed by atoms with E-state index in [1.54, 1.807) is 6.20 Å².